The summed E-state index contributed by atoms with van der Waals surface area (Å²) < 4.78 is 10.7. The van der Waals surface area contributed by atoms with Crippen LogP contribution in [0, 0.1) is 5.41 Å². The number of amides is 1. The second-order valence-electron chi connectivity index (χ2n) is 8.27. The van der Waals surface area contributed by atoms with E-state index < -0.39 is 0 Å². The molecule has 2 heterocycles. The molecule has 27 heavy (non-hydrogen) atoms. The maximum Gasteiger partial charge on any atom is 0.232 e. The van der Waals surface area contributed by atoms with Crippen molar-refractivity contribution in [3.05, 3.63) is 41.5 Å². The minimum Gasteiger partial charge on any atom is -0.497 e. The molecule has 1 aromatic heterocycles. The number of nitrogens with zero attached hydrogens (tertiary/aromatic N) is 3. The summed E-state index contributed by atoms with van der Waals surface area (Å²) in [6, 6.07) is 7.82. The molecule has 6 nitrogen and oxygen atoms in total. The quantitative estimate of drug-likeness (QED) is 0.776. The fraction of sp³-hybridized carbons (Fsp3) is 0.571. The van der Waals surface area contributed by atoms with E-state index >= 15 is 0 Å². The van der Waals surface area contributed by atoms with Crippen molar-refractivity contribution in [3.8, 4) is 5.75 Å². The highest BCUT2D eigenvalue weighted by Crippen LogP contribution is 2.40. The van der Waals surface area contributed by atoms with E-state index in [1.807, 2.05) is 29.2 Å². The Bertz CT molecular complexity index is 793. The number of carbonyl (C=O) groups excluding carboxylic acids is 1. The molecule has 1 aromatic carbocycles. The molecule has 2 fully saturated rings. The Balaban J connectivity index is 1.38. The molecule has 0 N–H and O–H groups in total. The lowest BCUT2D eigenvalue weighted by atomic mass is 9.85. The van der Waals surface area contributed by atoms with Crippen LogP contribution in [0.3, 0.4) is 0 Å². The van der Waals surface area contributed by atoms with Gasteiger partial charge in [0.15, 0.2) is 5.82 Å². The van der Waals surface area contributed by atoms with Crippen molar-refractivity contribution in [3.63, 3.8) is 0 Å². The number of likely N-dealkylation sites (tertiary alicyclic amines) is 1. The Morgan fingerprint density at radius 2 is 2.00 bits per heavy atom. The van der Waals surface area contributed by atoms with Crippen LogP contribution in [0.1, 0.15) is 62.2 Å². The van der Waals surface area contributed by atoms with Gasteiger partial charge < -0.3 is 14.2 Å². The first-order chi connectivity index (χ1) is 13.0. The summed E-state index contributed by atoms with van der Waals surface area (Å²) in [4.78, 5) is 18.9. The van der Waals surface area contributed by atoms with E-state index in [2.05, 4.69) is 17.1 Å². The summed E-state index contributed by atoms with van der Waals surface area (Å²) in [5, 5.41) is 4.19. The molecular formula is C21H27N3O3. The van der Waals surface area contributed by atoms with Crippen LogP contribution in [-0.4, -0.2) is 34.6 Å². The SMILES string of the molecule is COc1ccc(CN2CC(c3nc(CC4(C)CCCC4)no3)CC2=O)cc1. The predicted octanol–water partition coefficient (Wildman–Crippen LogP) is 3.72. The van der Waals surface area contributed by atoms with E-state index in [4.69, 9.17) is 9.26 Å². The molecule has 1 saturated carbocycles. The predicted molar refractivity (Wildman–Crippen MR) is 100 cm³/mol. The van der Waals surface area contributed by atoms with Crippen LogP contribution in [0.25, 0.3) is 0 Å². The Morgan fingerprint density at radius 1 is 1.26 bits per heavy atom. The third-order valence-electron chi connectivity index (χ3n) is 5.98. The van der Waals surface area contributed by atoms with Crippen molar-refractivity contribution in [1.29, 1.82) is 0 Å². The Hall–Kier alpha value is -2.37. The zero-order valence-corrected chi connectivity index (χ0v) is 16.1. The molecule has 0 spiro atoms. The van der Waals surface area contributed by atoms with Gasteiger partial charge in [-0.3, -0.25) is 4.79 Å². The van der Waals surface area contributed by atoms with E-state index in [1.165, 1.54) is 25.7 Å². The molecule has 2 aliphatic rings. The van der Waals surface area contributed by atoms with Gasteiger partial charge in [-0.05, 0) is 36.0 Å². The Morgan fingerprint density at radius 3 is 2.70 bits per heavy atom. The van der Waals surface area contributed by atoms with E-state index in [1.54, 1.807) is 7.11 Å². The van der Waals surface area contributed by atoms with Crippen molar-refractivity contribution < 1.29 is 14.1 Å². The average Bonchev–Trinajstić information content (AvgIpc) is 3.38. The molecule has 1 saturated heterocycles. The zero-order valence-electron chi connectivity index (χ0n) is 16.1. The summed E-state index contributed by atoms with van der Waals surface area (Å²) in [5.41, 5.74) is 1.39. The van der Waals surface area contributed by atoms with Crippen LogP contribution < -0.4 is 4.74 Å². The molecule has 0 bridgehead atoms. The fourth-order valence-corrected chi connectivity index (χ4v) is 4.33. The molecule has 1 amide bonds. The number of ether oxygens (including phenoxy) is 1. The summed E-state index contributed by atoms with van der Waals surface area (Å²) in [7, 11) is 1.65. The minimum absolute atomic E-state index is 0.00613. The van der Waals surface area contributed by atoms with Crippen molar-refractivity contribution in [1.82, 2.24) is 15.0 Å². The molecule has 1 unspecified atom stereocenters. The normalized spacial score (nSPS) is 21.8. The van der Waals surface area contributed by atoms with E-state index in [0.717, 1.165) is 23.6 Å². The Labute approximate surface area is 159 Å². The van der Waals surface area contributed by atoms with Crippen LogP contribution in [0.4, 0.5) is 0 Å². The molecule has 2 aromatic rings. The zero-order chi connectivity index (χ0) is 18.9. The maximum atomic E-state index is 12.4. The maximum absolute atomic E-state index is 12.4. The first kappa shape index (κ1) is 18.0. The summed E-state index contributed by atoms with van der Waals surface area (Å²) in [6.45, 7) is 3.54. The summed E-state index contributed by atoms with van der Waals surface area (Å²) >= 11 is 0. The number of aromatic nitrogens is 2. The van der Waals surface area contributed by atoms with Crippen LogP contribution in [-0.2, 0) is 17.8 Å². The number of methoxy groups -OCH3 is 1. The third-order valence-corrected chi connectivity index (χ3v) is 5.98. The van der Waals surface area contributed by atoms with Crippen molar-refractivity contribution in [2.24, 2.45) is 5.41 Å². The van der Waals surface area contributed by atoms with Crippen molar-refractivity contribution >= 4 is 5.91 Å². The number of benzene rings is 1. The van der Waals surface area contributed by atoms with Crippen LogP contribution >= 0.6 is 0 Å². The second kappa shape index (κ2) is 7.33. The van der Waals surface area contributed by atoms with E-state index in [-0.39, 0.29) is 11.8 Å². The number of hydrogen-bond acceptors (Lipinski definition) is 5. The molecule has 144 valence electrons. The lowest BCUT2D eigenvalue weighted by Crippen LogP contribution is -2.24. The van der Waals surface area contributed by atoms with Gasteiger partial charge >= 0.3 is 0 Å². The largest absolute Gasteiger partial charge is 0.497 e. The smallest absolute Gasteiger partial charge is 0.232 e. The van der Waals surface area contributed by atoms with Crippen LogP contribution in [0.15, 0.2) is 28.8 Å². The second-order valence-corrected chi connectivity index (χ2v) is 8.27. The number of rotatable bonds is 6. The lowest BCUT2D eigenvalue weighted by Gasteiger charge is -2.20. The topological polar surface area (TPSA) is 68.5 Å². The van der Waals surface area contributed by atoms with Gasteiger partial charge in [0.25, 0.3) is 0 Å². The highest BCUT2D eigenvalue weighted by Gasteiger charge is 2.35. The molecule has 4 rings (SSSR count). The fourth-order valence-electron chi connectivity index (χ4n) is 4.33. The summed E-state index contributed by atoms with van der Waals surface area (Å²) in [5.74, 6) is 2.35. The van der Waals surface area contributed by atoms with Crippen molar-refractivity contribution in [2.75, 3.05) is 13.7 Å². The summed E-state index contributed by atoms with van der Waals surface area (Å²) in [6.07, 6.45) is 6.35. The number of hydrogen-bond donors (Lipinski definition) is 0. The van der Waals surface area contributed by atoms with Gasteiger partial charge in [-0.25, -0.2) is 0 Å². The van der Waals surface area contributed by atoms with Gasteiger partial charge in [0.05, 0.1) is 13.0 Å². The lowest BCUT2D eigenvalue weighted by molar-refractivity contribution is -0.128. The molecule has 0 radical (unpaired) electrons. The standard InChI is InChI=1S/C21H27N3O3/c1-21(9-3-4-10-21)12-18-22-20(27-23-18)16-11-19(25)24(14-16)13-15-5-7-17(26-2)8-6-15/h5-8,16H,3-4,9-14H2,1-2H3. The minimum atomic E-state index is -0.00613. The molecular weight excluding hydrogens is 342 g/mol. The molecule has 6 heteroatoms. The van der Waals surface area contributed by atoms with Crippen molar-refractivity contribution in [2.45, 2.75) is 57.9 Å². The monoisotopic (exact) mass is 369 g/mol. The van der Waals surface area contributed by atoms with Gasteiger partial charge in [-0.1, -0.05) is 37.1 Å². The van der Waals surface area contributed by atoms with Gasteiger partial charge in [0.1, 0.15) is 5.75 Å². The molecule has 1 atom stereocenters. The molecule has 1 aliphatic heterocycles. The highest BCUT2D eigenvalue weighted by molar-refractivity contribution is 5.79. The highest BCUT2D eigenvalue weighted by atomic mass is 16.5. The molecule has 1 aliphatic carbocycles. The van der Waals surface area contributed by atoms with Crippen LogP contribution in [0.2, 0.25) is 0 Å². The van der Waals surface area contributed by atoms with Gasteiger partial charge in [0, 0.05) is 25.9 Å². The number of carbonyl (C=O) groups is 1. The third kappa shape index (κ3) is 3.99. The van der Waals surface area contributed by atoms with E-state index in [0.29, 0.717) is 30.8 Å². The van der Waals surface area contributed by atoms with Crippen LogP contribution in [0.5, 0.6) is 5.75 Å². The van der Waals surface area contributed by atoms with E-state index in [9.17, 15) is 4.79 Å². The Kier molecular flexibility index (Phi) is 4.89. The van der Waals surface area contributed by atoms with Gasteiger partial charge in [-0.15, -0.1) is 0 Å². The first-order valence-corrected chi connectivity index (χ1v) is 9.78. The van der Waals surface area contributed by atoms with Gasteiger partial charge in [-0.2, -0.15) is 4.98 Å². The average molecular weight is 369 g/mol. The van der Waals surface area contributed by atoms with Gasteiger partial charge in [0.2, 0.25) is 11.8 Å². The first-order valence-electron chi connectivity index (χ1n) is 9.78.